The van der Waals surface area contributed by atoms with Gasteiger partial charge in [-0.2, -0.15) is 30.1 Å². The van der Waals surface area contributed by atoms with Crippen molar-refractivity contribution >= 4 is 84.7 Å². The number of hydrogen-bond donors (Lipinski definition) is 1. The van der Waals surface area contributed by atoms with Gasteiger partial charge in [-0.25, -0.2) is 24.3 Å². The fraction of sp³-hybridized carbons (Fsp3) is 0.0400. The van der Waals surface area contributed by atoms with Gasteiger partial charge in [0, 0.05) is 36.2 Å². The number of hydrogen-bond acceptors (Lipinski definition) is 3. The smallest absolute Gasteiger partial charge is 0.0193 e. The summed E-state index contributed by atoms with van der Waals surface area (Å²) in [5, 5.41) is 15.9. The van der Waals surface area contributed by atoms with Crippen LogP contribution in [0.1, 0.15) is 12.5 Å². The van der Waals surface area contributed by atoms with Crippen molar-refractivity contribution in [3.05, 3.63) is 236 Å². The minimum absolute atomic E-state index is 0. The first-order valence-electron chi connectivity index (χ1n) is 18.5. The zero-order valence-corrected chi connectivity index (χ0v) is 39.4. The number of carbonyl (C=O) groups is 1. The molecule has 0 amide bonds. The zero-order chi connectivity index (χ0) is 40.8. The van der Waals surface area contributed by atoms with Crippen molar-refractivity contribution in [1.82, 2.24) is 0 Å². The second-order valence-electron chi connectivity index (χ2n) is 12.6. The largest absolute Gasteiger partial charge is 0.508 e. The van der Waals surface area contributed by atoms with Gasteiger partial charge in [-0.3, -0.25) is 16.6 Å². The number of nitrogens with zero attached hydrogens (tertiary/aromatic N) is 1. The molecular formula is C50H44BrFeNO2P2RuS-2. The van der Waals surface area contributed by atoms with Gasteiger partial charge in [0.15, 0.2) is 0 Å². The van der Waals surface area contributed by atoms with Crippen LogP contribution in [0.5, 0.6) is 0 Å². The van der Waals surface area contributed by atoms with Gasteiger partial charge in [0.05, 0.1) is 0 Å². The maximum atomic E-state index is 9.00. The van der Waals surface area contributed by atoms with Gasteiger partial charge in [0.25, 0.3) is 5.97 Å². The molecule has 1 aliphatic heterocycles. The van der Waals surface area contributed by atoms with Gasteiger partial charge in [-0.15, -0.1) is 10.6 Å². The molecule has 8 aromatic rings. The van der Waals surface area contributed by atoms with Crippen molar-refractivity contribution in [1.29, 1.82) is 0 Å². The predicted octanol–water partition coefficient (Wildman–Crippen LogP) is 11.2. The molecule has 0 saturated heterocycles. The van der Waals surface area contributed by atoms with E-state index in [1.165, 1.54) is 48.0 Å². The molecule has 0 spiro atoms. The number of halogens is 1. The molecule has 8 aromatic carbocycles. The molecule has 1 N–H and O–H groups in total. The third-order valence-electron chi connectivity index (χ3n) is 8.54. The molecule has 59 heavy (non-hydrogen) atoms. The van der Waals surface area contributed by atoms with E-state index >= 15 is 0 Å². The van der Waals surface area contributed by atoms with Crippen LogP contribution < -0.4 is 36.7 Å². The molecule has 1 aliphatic rings. The third-order valence-corrected chi connectivity index (χ3v) is 14.4. The van der Waals surface area contributed by atoms with E-state index in [1.807, 2.05) is 0 Å². The maximum Gasteiger partial charge on any atom is 0.0193 e. The Bertz CT molecular complexity index is 2090. The first-order chi connectivity index (χ1) is 28.6. The summed E-state index contributed by atoms with van der Waals surface area (Å²) in [6.07, 6.45) is 0. The second kappa shape index (κ2) is 27.1. The van der Waals surface area contributed by atoms with Crippen molar-refractivity contribution in [3.63, 3.8) is 0 Å². The zero-order valence-electron chi connectivity index (χ0n) is 32.3. The van der Waals surface area contributed by atoms with E-state index in [0.29, 0.717) is 0 Å². The molecule has 1 heterocycles. The van der Waals surface area contributed by atoms with E-state index in [1.54, 1.807) is 11.8 Å². The molecule has 0 atom stereocenters. The molecule has 3 nitrogen and oxygen atoms in total. The van der Waals surface area contributed by atoms with Crippen LogP contribution >= 0.6 is 41.2 Å². The topological polar surface area (TPSA) is 40.5 Å². The number of anilines is 1. The fourth-order valence-electron chi connectivity index (χ4n) is 6.10. The van der Waals surface area contributed by atoms with E-state index in [-0.39, 0.29) is 17.1 Å². The maximum absolute atomic E-state index is 9.00. The Morgan fingerprint density at radius 3 is 1.25 bits per heavy atom. The average molecular weight is 1020 g/mol. The quantitative estimate of drug-likeness (QED) is 0.0935. The normalized spacial score (nSPS) is 10.8. The molecule has 0 saturated carbocycles. The second-order valence-corrected chi connectivity index (χ2v) is 17.9. The van der Waals surface area contributed by atoms with Gasteiger partial charge in [-0.05, 0) is 59.7 Å². The Kier molecular flexibility index (Phi) is 21.9. The summed E-state index contributed by atoms with van der Waals surface area (Å²) in [6, 6.07) is 79.6. The van der Waals surface area contributed by atoms with E-state index in [0.717, 1.165) is 13.5 Å². The number of carboxylic acids is 1. The molecule has 0 fully saturated rings. The van der Waals surface area contributed by atoms with Crippen LogP contribution in [-0.4, -0.2) is 11.1 Å². The molecular weight excluding hydrogens is 977 g/mol. The SMILES string of the molecule is CC(=O)O.[Br][Ru+].[Fe].c1ccc(CN2[CH-]Sc3ccccc32)cc1.c1ccc(P(c2ccccc2)c2ccc[cH-]2)cc1.c1ccc(P(c2ccccc2)c2ccc[cH-]2)cc1. The molecule has 0 radical (unpaired) electrons. The summed E-state index contributed by atoms with van der Waals surface area (Å²) in [7, 11) is -0.818. The summed E-state index contributed by atoms with van der Waals surface area (Å²) in [5.74, 6) is 1.36. The summed E-state index contributed by atoms with van der Waals surface area (Å²) in [4.78, 5) is 12.6. The molecule has 9 heteroatoms. The Labute approximate surface area is 384 Å². The van der Waals surface area contributed by atoms with Gasteiger partial charge in [0.2, 0.25) is 0 Å². The first kappa shape index (κ1) is 47.8. The van der Waals surface area contributed by atoms with E-state index < -0.39 is 21.8 Å². The Balaban J connectivity index is 0.000000182. The number of para-hydroxylation sites is 1. The summed E-state index contributed by atoms with van der Waals surface area (Å²) < 4.78 is 0. The van der Waals surface area contributed by atoms with Gasteiger partial charge >= 0.3 is 30.0 Å². The van der Waals surface area contributed by atoms with Crippen LogP contribution in [0.3, 0.4) is 0 Å². The van der Waals surface area contributed by atoms with Gasteiger partial charge in [0.1, 0.15) is 0 Å². The summed E-state index contributed by atoms with van der Waals surface area (Å²) in [6.45, 7) is 2.03. The monoisotopic (exact) mass is 1020 g/mol. The van der Waals surface area contributed by atoms with Gasteiger partial charge in [-0.1, -0.05) is 164 Å². The van der Waals surface area contributed by atoms with Crippen LogP contribution in [0.2, 0.25) is 0 Å². The summed E-state index contributed by atoms with van der Waals surface area (Å²) in [5.41, 5.74) is 2.66. The minimum atomic E-state index is -0.833. The van der Waals surface area contributed by atoms with Crippen LogP contribution in [-0.2, 0) is 44.8 Å². The van der Waals surface area contributed by atoms with Crippen molar-refractivity contribution in [3.8, 4) is 0 Å². The van der Waals surface area contributed by atoms with Crippen LogP contribution in [0.15, 0.2) is 229 Å². The molecule has 0 aliphatic carbocycles. The minimum Gasteiger partial charge on any atom is -0.508 e. The van der Waals surface area contributed by atoms with Crippen molar-refractivity contribution in [2.24, 2.45) is 0 Å². The number of thioether (sulfide) groups is 1. The Hall–Kier alpha value is -3.88. The van der Waals surface area contributed by atoms with Crippen LogP contribution in [0.4, 0.5) is 5.69 Å². The average Bonchev–Trinajstić information content (AvgIpc) is 4.09. The van der Waals surface area contributed by atoms with E-state index in [2.05, 4.69) is 265 Å². The molecule has 9 rings (SSSR count). The van der Waals surface area contributed by atoms with E-state index in [9.17, 15) is 0 Å². The number of aliphatic carboxylic acids is 1. The molecule has 0 unspecified atom stereocenters. The molecule has 0 bridgehead atoms. The standard InChI is InChI=1S/2C17H14P.C14H12NS.C2H4O2.BrH.Fe.Ru/c2*1-3-9-15(10-4-1)18(17-13-7-8-14-17)16-11-5-2-6-12-16;1-2-6-12(7-3-1)10-15-11-16-14-9-5-4-8-13(14)15;1-2(3)4;;;/h2*1-14H;1-9,11H,10H2;1H3,(H,3,4);1H;;/q3*-1;;;;+2/p-1. The van der Waals surface area contributed by atoms with E-state index in [4.69, 9.17) is 9.90 Å². The fourth-order valence-corrected chi connectivity index (χ4v) is 11.6. The predicted molar refractivity (Wildman–Crippen MR) is 253 cm³/mol. The van der Waals surface area contributed by atoms with Crippen molar-refractivity contribution in [2.45, 2.75) is 18.4 Å². The van der Waals surface area contributed by atoms with Crippen molar-refractivity contribution in [2.75, 3.05) is 4.90 Å². The Morgan fingerprint density at radius 1 is 0.559 bits per heavy atom. The van der Waals surface area contributed by atoms with Gasteiger partial charge < -0.3 is 10.0 Å². The van der Waals surface area contributed by atoms with Crippen LogP contribution in [0.25, 0.3) is 0 Å². The number of benzene rings is 6. The first-order valence-corrected chi connectivity index (χ1v) is 26.1. The number of carboxylic acid groups (broad SMARTS) is 1. The van der Waals surface area contributed by atoms with Crippen molar-refractivity contribution < 1.29 is 43.3 Å². The number of fused-ring (bicyclic) bond motifs is 1. The number of rotatable bonds is 8. The third kappa shape index (κ3) is 15.3. The summed E-state index contributed by atoms with van der Waals surface area (Å²) >= 11 is 6.83. The van der Waals surface area contributed by atoms with Crippen LogP contribution in [0, 0.1) is 5.88 Å². The molecule has 302 valence electrons. The Morgan fingerprint density at radius 2 is 0.898 bits per heavy atom. The molecule has 0 aromatic heterocycles.